The van der Waals surface area contributed by atoms with E-state index < -0.39 is 0 Å². The summed E-state index contributed by atoms with van der Waals surface area (Å²) in [6.45, 7) is 4.24. The van der Waals surface area contributed by atoms with E-state index in [1.807, 2.05) is 6.92 Å². The van der Waals surface area contributed by atoms with E-state index in [0.29, 0.717) is 17.8 Å². The van der Waals surface area contributed by atoms with Gasteiger partial charge in [0, 0.05) is 17.6 Å². The van der Waals surface area contributed by atoms with Gasteiger partial charge in [-0.3, -0.25) is 9.89 Å². The highest BCUT2D eigenvalue weighted by Gasteiger charge is 2.20. The van der Waals surface area contributed by atoms with Gasteiger partial charge in [-0.25, -0.2) is 4.98 Å². The minimum Gasteiger partial charge on any atom is -0.382 e. The first kappa shape index (κ1) is 12.6. The van der Waals surface area contributed by atoms with Crippen LogP contribution >= 0.6 is 11.3 Å². The van der Waals surface area contributed by atoms with Gasteiger partial charge in [0.05, 0.1) is 17.7 Å². The summed E-state index contributed by atoms with van der Waals surface area (Å²) < 4.78 is 0. The Hall–Kier alpha value is -1.89. The number of amides is 1. The van der Waals surface area contributed by atoms with Crippen molar-refractivity contribution in [2.24, 2.45) is 0 Å². The third-order valence-electron chi connectivity index (χ3n) is 2.76. The number of thiazole rings is 1. The highest BCUT2D eigenvalue weighted by atomic mass is 32.1. The zero-order valence-electron chi connectivity index (χ0n) is 10.5. The van der Waals surface area contributed by atoms with Gasteiger partial charge in [-0.2, -0.15) is 5.10 Å². The molecule has 0 spiro atoms. The van der Waals surface area contributed by atoms with Crippen molar-refractivity contribution in [3.05, 3.63) is 27.3 Å². The molecule has 2 aromatic heterocycles. The summed E-state index contributed by atoms with van der Waals surface area (Å²) >= 11 is 1.54. The number of rotatable bonds is 3. The number of hydrogen-bond donors (Lipinski definition) is 2. The van der Waals surface area contributed by atoms with Crippen LogP contribution in [0.15, 0.2) is 5.51 Å². The molecule has 2 heterocycles. The molecule has 1 amide bonds. The van der Waals surface area contributed by atoms with Crippen molar-refractivity contribution in [3.63, 3.8) is 0 Å². The van der Waals surface area contributed by atoms with Crippen LogP contribution in [0.5, 0.6) is 0 Å². The fourth-order valence-corrected chi connectivity index (χ4v) is 2.50. The van der Waals surface area contributed by atoms with E-state index in [-0.39, 0.29) is 11.7 Å². The lowest BCUT2D eigenvalue weighted by Gasteiger charge is -2.16. The van der Waals surface area contributed by atoms with Gasteiger partial charge in [-0.15, -0.1) is 11.3 Å². The van der Waals surface area contributed by atoms with Crippen LogP contribution in [0.2, 0.25) is 0 Å². The maximum atomic E-state index is 12.3. The van der Waals surface area contributed by atoms with Gasteiger partial charge in [-0.1, -0.05) is 0 Å². The fourth-order valence-electron chi connectivity index (χ4n) is 1.67. The number of H-pyrrole nitrogens is 1. The second kappa shape index (κ2) is 4.77. The van der Waals surface area contributed by atoms with Gasteiger partial charge in [0.15, 0.2) is 5.82 Å². The molecule has 0 saturated heterocycles. The highest BCUT2D eigenvalue weighted by molar-refractivity contribution is 7.09. The monoisotopic (exact) mass is 265 g/mol. The summed E-state index contributed by atoms with van der Waals surface area (Å²) in [5, 5.41) is 6.54. The van der Waals surface area contributed by atoms with Crippen molar-refractivity contribution in [1.82, 2.24) is 20.1 Å². The van der Waals surface area contributed by atoms with Crippen LogP contribution in [-0.4, -0.2) is 33.0 Å². The Morgan fingerprint density at radius 3 is 2.78 bits per heavy atom. The number of nitrogens with one attached hydrogen (secondary N) is 1. The Labute approximate surface area is 109 Å². The van der Waals surface area contributed by atoms with Gasteiger partial charge in [0.1, 0.15) is 5.56 Å². The van der Waals surface area contributed by atoms with Crippen molar-refractivity contribution >= 4 is 23.1 Å². The van der Waals surface area contributed by atoms with Gasteiger partial charge in [0.2, 0.25) is 0 Å². The predicted molar refractivity (Wildman–Crippen MR) is 70.4 cm³/mol. The van der Waals surface area contributed by atoms with Crippen LogP contribution in [0.4, 0.5) is 5.82 Å². The van der Waals surface area contributed by atoms with Gasteiger partial charge >= 0.3 is 0 Å². The first-order valence-corrected chi connectivity index (χ1v) is 6.33. The maximum Gasteiger partial charge on any atom is 0.259 e. The minimum absolute atomic E-state index is 0.133. The van der Waals surface area contributed by atoms with Crippen molar-refractivity contribution in [3.8, 4) is 0 Å². The summed E-state index contributed by atoms with van der Waals surface area (Å²) in [5.74, 6) is 0.108. The quantitative estimate of drug-likeness (QED) is 0.876. The van der Waals surface area contributed by atoms with E-state index in [1.165, 1.54) is 0 Å². The van der Waals surface area contributed by atoms with E-state index in [4.69, 9.17) is 5.73 Å². The van der Waals surface area contributed by atoms with Crippen LogP contribution in [-0.2, 0) is 6.54 Å². The second-order valence-electron chi connectivity index (χ2n) is 4.13. The summed E-state index contributed by atoms with van der Waals surface area (Å²) in [6, 6.07) is 0. The molecule has 2 rings (SSSR count). The molecule has 0 atom stereocenters. The second-order valence-corrected chi connectivity index (χ2v) is 5.07. The van der Waals surface area contributed by atoms with Crippen LogP contribution in [0.3, 0.4) is 0 Å². The Morgan fingerprint density at radius 2 is 2.28 bits per heavy atom. The lowest BCUT2D eigenvalue weighted by molar-refractivity contribution is 0.0786. The van der Waals surface area contributed by atoms with Gasteiger partial charge in [-0.05, 0) is 13.8 Å². The molecule has 0 saturated carbocycles. The zero-order valence-corrected chi connectivity index (χ0v) is 11.3. The lowest BCUT2D eigenvalue weighted by atomic mass is 10.2. The van der Waals surface area contributed by atoms with E-state index in [0.717, 1.165) is 10.6 Å². The number of aromatic amines is 1. The first-order valence-electron chi connectivity index (χ1n) is 5.45. The Balaban J connectivity index is 2.17. The standard InChI is InChI=1S/C11H15N5OS/c1-6-8(18-5-13-6)4-16(3)11(17)9-7(2)14-15-10(9)12/h5H,4H2,1-3H3,(H3,12,14,15). The van der Waals surface area contributed by atoms with Crippen molar-refractivity contribution in [2.75, 3.05) is 12.8 Å². The van der Waals surface area contributed by atoms with E-state index in [2.05, 4.69) is 15.2 Å². The molecule has 96 valence electrons. The largest absolute Gasteiger partial charge is 0.382 e. The number of hydrogen-bond acceptors (Lipinski definition) is 5. The predicted octanol–water partition coefficient (Wildman–Crippen LogP) is 1.34. The molecular weight excluding hydrogens is 250 g/mol. The number of nitrogens with zero attached hydrogens (tertiary/aromatic N) is 3. The molecule has 0 unspecified atom stereocenters. The van der Waals surface area contributed by atoms with Crippen molar-refractivity contribution < 1.29 is 4.79 Å². The summed E-state index contributed by atoms with van der Waals surface area (Å²) in [7, 11) is 1.74. The Bertz CT molecular complexity index is 554. The molecule has 0 fully saturated rings. The molecule has 0 bridgehead atoms. The topological polar surface area (TPSA) is 87.9 Å². The fraction of sp³-hybridized carbons (Fsp3) is 0.364. The molecule has 0 aliphatic heterocycles. The van der Waals surface area contributed by atoms with E-state index in [1.54, 1.807) is 35.7 Å². The molecule has 0 aliphatic rings. The van der Waals surface area contributed by atoms with E-state index in [9.17, 15) is 4.79 Å². The maximum absolute atomic E-state index is 12.3. The van der Waals surface area contributed by atoms with Crippen molar-refractivity contribution in [1.29, 1.82) is 0 Å². The highest BCUT2D eigenvalue weighted by Crippen LogP contribution is 2.18. The lowest BCUT2D eigenvalue weighted by Crippen LogP contribution is -2.27. The normalized spacial score (nSPS) is 10.6. The molecule has 18 heavy (non-hydrogen) atoms. The summed E-state index contributed by atoms with van der Waals surface area (Å²) in [6.07, 6.45) is 0. The number of aryl methyl sites for hydroxylation is 2. The number of nitrogens with two attached hydrogens (primary N) is 1. The molecule has 2 aromatic rings. The SMILES string of the molecule is Cc1ncsc1CN(C)C(=O)c1c(N)n[nH]c1C. The number of nitrogen functional groups attached to an aromatic ring is 1. The van der Waals surface area contributed by atoms with Crippen LogP contribution in [0, 0.1) is 13.8 Å². The Morgan fingerprint density at radius 1 is 1.56 bits per heavy atom. The molecule has 0 aromatic carbocycles. The van der Waals surface area contributed by atoms with Crippen LogP contribution in [0.25, 0.3) is 0 Å². The zero-order chi connectivity index (χ0) is 13.3. The van der Waals surface area contributed by atoms with E-state index >= 15 is 0 Å². The summed E-state index contributed by atoms with van der Waals surface area (Å²) in [5.41, 5.74) is 9.55. The number of aromatic nitrogens is 3. The number of carbonyl (C=O) groups excluding carboxylic acids is 1. The smallest absolute Gasteiger partial charge is 0.259 e. The average molecular weight is 265 g/mol. The number of anilines is 1. The van der Waals surface area contributed by atoms with Gasteiger partial charge in [0.25, 0.3) is 5.91 Å². The van der Waals surface area contributed by atoms with Gasteiger partial charge < -0.3 is 10.6 Å². The molecular formula is C11H15N5OS. The molecule has 0 radical (unpaired) electrons. The minimum atomic E-state index is -0.133. The molecule has 7 heteroatoms. The molecule has 0 aliphatic carbocycles. The van der Waals surface area contributed by atoms with Crippen molar-refractivity contribution in [2.45, 2.75) is 20.4 Å². The molecule has 6 nitrogen and oxygen atoms in total. The Kier molecular flexibility index (Phi) is 3.33. The molecule has 3 N–H and O–H groups in total. The third kappa shape index (κ3) is 2.21. The first-order chi connectivity index (χ1) is 8.50. The summed E-state index contributed by atoms with van der Waals surface area (Å²) in [4.78, 5) is 19.1. The number of carbonyl (C=O) groups is 1. The van der Waals surface area contributed by atoms with Crippen LogP contribution in [0.1, 0.15) is 26.6 Å². The average Bonchev–Trinajstić information content (AvgIpc) is 2.86. The van der Waals surface area contributed by atoms with Crippen LogP contribution < -0.4 is 5.73 Å². The third-order valence-corrected chi connectivity index (χ3v) is 3.68.